The van der Waals surface area contributed by atoms with Gasteiger partial charge in [0.2, 0.25) is 5.91 Å². The van der Waals surface area contributed by atoms with Crippen molar-refractivity contribution in [1.82, 2.24) is 0 Å². The van der Waals surface area contributed by atoms with E-state index in [9.17, 15) is 14.4 Å². The summed E-state index contributed by atoms with van der Waals surface area (Å²) >= 11 is 0. The predicted molar refractivity (Wildman–Crippen MR) is 92.9 cm³/mol. The maximum atomic E-state index is 12.4. The molecular weight excluding hydrogens is 306 g/mol. The minimum atomic E-state index is -0.619. The van der Waals surface area contributed by atoms with Crippen LogP contribution >= 0.6 is 0 Å². The Morgan fingerprint density at radius 3 is 2.46 bits per heavy atom. The molecule has 0 bridgehead atoms. The average molecular weight is 325 g/mol. The van der Waals surface area contributed by atoms with Gasteiger partial charge in [0.05, 0.1) is 11.3 Å². The Morgan fingerprint density at radius 2 is 1.75 bits per heavy atom. The molecule has 6 nitrogen and oxygen atoms in total. The van der Waals surface area contributed by atoms with Crippen LogP contribution in [0.15, 0.2) is 48.5 Å². The van der Waals surface area contributed by atoms with Crippen LogP contribution in [0, 0.1) is 0 Å². The van der Waals surface area contributed by atoms with Crippen molar-refractivity contribution in [3.05, 3.63) is 59.7 Å². The molecule has 3 amide bonds. The van der Waals surface area contributed by atoms with Gasteiger partial charge >= 0.3 is 0 Å². The Hall–Kier alpha value is -3.15. The Balaban J connectivity index is 2.16. The van der Waals surface area contributed by atoms with Crippen LogP contribution in [0.2, 0.25) is 0 Å². The van der Waals surface area contributed by atoms with Gasteiger partial charge in [-0.2, -0.15) is 0 Å². The molecule has 24 heavy (non-hydrogen) atoms. The Morgan fingerprint density at radius 1 is 1.00 bits per heavy atom. The van der Waals surface area contributed by atoms with Gasteiger partial charge < -0.3 is 16.4 Å². The zero-order valence-electron chi connectivity index (χ0n) is 13.3. The smallest absolute Gasteiger partial charge is 0.255 e. The van der Waals surface area contributed by atoms with Crippen LogP contribution < -0.4 is 16.4 Å². The number of para-hydroxylation sites is 1. The zero-order valence-corrected chi connectivity index (χ0v) is 13.3. The lowest BCUT2D eigenvalue weighted by Gasteiger charge is -2.10. The summed E-state index contributed by atoms with van der Waals surface area (Å²) in [6, 6.07) is 13.1. The van der Waals surface area contributed by atoms with E-state index in [2.05, 4.69) is 10.6 Å². The molecule has 0 spiro atoms. The highest BCUT2D eigenvalue weighted by Crippen LogP contribution is 2.17. The van der Waals surface area contributed by atoms with Crippen molar-refractivity contribution >= 4 is 29.1 Å². The SMILES string of the molecule is CCCC(=O)Nc1cccc(C(=O)Nc2ccccc2C(N)=O)c1. The summed E-state index contributed by atoms with van der Waals surface area (Å²) in [5.74, 6) is -1.11. The minimum absolute atomic E-state index is 0.103. The molecule has 0 aromatic heterocycles. The normalized spacial score (nSPS) is 10.0. The largest absolute Gasteiger partial charge is 0.366 e. The molecule has 2 aromatic carbocycles. The summed E-state index contributed by atoms with van der Waals surface area (Å²) in [6.45, 7) is 1.92. The molecule has 0 saturated heterocycles. The zero-order chi connectivity index (χ0) is 17.5. The molecule has 2 rings (SSSR count). The maximum Gasteiger partial charge on any atom is 0.255 e. The van der Waals surface area contributed by atoms with E-state index in [0.717, 1.165) is 6.42 Å². The second kappa shape index (κ2) is 7.92. The van der Waals surface area contributed by atoms with Gasteiger partial charge in [0.15, 0.2) is 0 Å². The molecule has 0 fully saturated rings. The molecule has 0 saturated carbocycles. The fourth-order valence-corrected chi connectivity index (χ4v) is 2.19. The number of anilines is 2. The summed E-state index contributed by atoms with van der Waals surface area (Å²) < 4.78 is 0. The van der Waals surface area contributed by atoms with Crippen molar-refractivity contribution in [3.63, 3.8) is 0 Å². The molecule has 0 radical (unpaired) electrons. The van der Waals surface area contributed by atoms with Crippen molar-refractivity contribution < 1.29 is 14.4 Å². The second-order valence-electron chi connectivity index (χ2n) is 5.24. The third-order valence-electron chi connectivity index (χ3n) is 3.33. The molecule has 0 heterocycles. The number of primary amides is 1. The third-order valence-corrected chi connectivity index (χ3v) is 3.33. The molecular formula is C18H19N3O3. The van der Waals surface area contributed by atoms with Gasteiger partial charge in [0.1, 0.15) is 0 Å². The number of benzene rings is 2. The Kier molecular flexibility index (Phi) is 5.68. The number of amides is 3. The molecule has 2 aromatic rings. The van der Waals surface area contributed by atoms with Gasteiger partial charge in [-0.1, -0.05) is 25.1 Å². The number of hydrogen-bond donors (Lipinski definition) is 3. The second-order valence-corrected chi connectivity index (χ2v) is 5.24. The lowest BCUT2D eigenvalue weighted by Crippen LogP contribution is -2.18. The van der Waals surface area contributed by atoms with Crippen LogP contribution in [0.5, 0.6) is 0 Å². The van der Waals surface area contributed by atoms with Crippen LogP contribution in [0.4, 0.5) is 11.4 Å². The highest BCUT2D eigenvalue weighted by Gasteiger charge is 2.12. The van der Waals surface area contributed by atoms with Crippen molar-refractivity contribution in [2.24, 2.45) is 5.73 Å². The average Bonchev–Trinajstić information content (AvgIpc) is 2.55. The van der Waals surface area contributed by atoms with Crippen molar-refractivity contribution in [1.29, 1.82) is 0 Å². The molecule has 0 unspecified atom stereocenters. The van der Waals surface area contributed by atoms with Crippen LogP contribution in [-0.2, 0) is 4.79 Å². The summed E-state index contributed by atoms with van der Waals surface area (Å²) in [7, 11) is 0. The molecule has 124 valence electrons. The van der Waals surface area contributed by atoms with Gasteiger partial charge in [-0.3, -0.25) is 14.4 Å². The molecule has 6 heteroatoms. The predicted octanol–water partition coefficient (Wildman–Crippen LogP) is 2.78. The lowest BCUT2D eigenvalue weighted by atomic mass is 10.1. The summed E-state index contributed by atoms with van der Waals surface area (Å²) in [6.07, 6.45) is 1.17. The number of hydrogen-bond acceptors (Lipinski definition) is 3. The minimum Gasteiger partial charge on any atom is -0.366 e. The molecule has 0 atom stereocenters. The number of nitrogens with two attached hydrogens (primary N) is 1. The fourth-order valence-electron chi connectivity index (χ4n) is 2.19. The van der Waals surface area contributed by atoms with Crippen molar-refractivity contribution in [2.75, 3.05) is 10.6 Å². The first kappa shape index (κ1) is 17.2. The van der Waals surface area contributed by atoms with E-state index >= 15 is 0 Å². The van der Waals surface area contributed by atoms with Gasteiger partial charge in [-0.05, 0) is 36.8 Å². The van der Waals surface area contributed by atoms with Gasteiger partial charge in [0.25, 0.3) is 11.8 Å². The Labute approximate surface area is 140 Å². The topological polar surface area (TPSA) is 101 Å². The van der Waals surface area contributed by atoms with E-state index in [0.29, 0.717) is 23.4 Å². The van der Waals surface area contributed by atoms with E-state index in [1.54, 1.807) is 48.5 Å². The summed E-state index contributed by atoms with van der Waals surface area (Å²) in [5.41, 5.74) is 6.79. The van der Waals surface area contributed by atoms with Crippen LogP contribution in [0.1, 0.15) is 40.5 Å². The van der Waals surface area contributed by atoms with Crippen molar-refractivity contribution in [2.45, 2.75) is 19.8 Å². The first-order valence-electron chi connectivity index (χ1n) is 7.61. The van der Waals surface area contributed by atoms with Gasteiger partial charge in [-0.15, -0.1) is 0 Å². The van der Waals surface area contributed by atoms with Gasteiger partial charge in [-0.25, -0.2) is 0 Å². The Bertz CT molecular complexity index is 772. The van der Waals surface area contributed by atoms with E-state index in [1.807, 2.05) is 6.92 Å². The van der Waals surface area contributed by atoms with E-state index in [-0.39, 0.29) is 11.5 Å². The molecule has 4 N–H and O–H groups in total. The lowest BCUT2D eigenvalue weighted by molar-refractivity contribution is -0.116. The van der Waals surface area contributed by atoms with Gasteiger partial charge in [0, 0.05) is 17.7 Å². The monoisotopic (exact) mass is 325 g/mol. The first-order chi connectivity index (χ1) is 11.5. The molecule has 0 aliphatic heterocycles. The van der Waals surface area contributed by atoms with Crippen molar-refractivity contribution in [3.8, 4) is 0 Å². The van der Waals surface area contributed by atoms with E-state index in [4.69, 9.17) is 5.73 Å². The third kappa shape index (κ3) is 4.42. The number of carbonyl (C=O) groups excluding carboxylic acids is 3. The summed E-state index contributed by atoms with van der Waals surface area (Å²) in [5, 5.41) is 5.40. The molecule has 0 aliphatic carbocycles. The van der Waals surface area contributed by atoms with E-state index in [1.165, 1.54) is 0 Å². The van der Waals surface area contributed by atoms with Crippen LogP contribution in [0.3, 0.4) is 0 Å². The fraction of sp³-hybridized carbons (Fsp3) is 0.167. The van der Waals surface area contributed by atoms with Crippen LogP contribution in [0.25, 0.3) is 0 Å². The molecule has 0 aliphatic rings. The maximum absolute atomic E-state index is 12.4. The van der Waals surface area contributed by atoms with E-state index < -0.39 is 11.8 Å². The number of nitrogens with one attached hydrogen (secondary N) is 2. The summed E-state index contributed by atoms with van der Waals surface area (Å²) in [4.78, 5) is 35.4. The highest BCUT2D eigenvalue weighted by atomic mass is 16.2. The standard InChI is InChI=1S/C18H19N3O3/c1-2-6-16(22)20-13-8-5-7-12(11-13)18(24)21-15-10-4-3-9-14(15)17(19)23/h3-5,7-11H,2,6H2,1H3,(H2,19,23)(H,20,22)(H,21,24). The number of carbonyl (C=O) groups is 3. The highest BCUT2D eigenvalue weighted by molar-refractivity contribution is 6.09. The first-order valence-corrected chi connectivity index (χ1v) is 7.61. The van der Waals surface area contributed by atoms with Crippen LogP contribution in [-0.4, -0.2) is 17.7 Å². The number of rotatable bonds is 6. The quantitative estimate of drug-likeness (QED) is 0.761.